The molecule has 0 heterocycles. The Morgan fingerprint density at radius 2 is 1.48 bits per heavy atom. The quantitative estimate of drug-likeness (QED) is 0.939. The molecule has 0 radical (unpaired) electrons. The van der Waals surface area contributed by atoms with Crippen molar-refractivity contribution in [2.24, 2.45) is 0 Å². The van der Waals surface area contributed by atoms with Gasteiger partial charge in [-0.25, -0.2) is 0 Å². The molecule has 1 atom stereocenters. The number of carbonyl (C=O) groups is 2. The molecule has 0 bridgehead atoms. The number of rotatable bonds is 3. The molecule has 0 amide bonds. The molecule has 2 aromatic carbocycles. The van der Waals surface area contributed by atoms with Crippen LogP contribution in [-0.4, -0.2) is 22.8 Å². The molecule has 1 aliphatic carbocycles. The third-order valence-electron chi connectivity index (χ3n) is 3.62. The summed E-state index contributed by atoms with van der Waals surface area (Å²) in [5, 5.41) is 10.3. The smallest absolute Gasteiger partial charge is 0.192 e. The van der Waals surface area contributed by atoms with E-state index < -0.39 is 6.10 Å². The van der Waals surface area contributed by atoms with Gasteiger partial charge in [-0.05, 0) is 11.6 Å². The molecular formula is C18H14O3. The molecule has 0 aromatic heterocycles. The number of allylic oxidation sites excluding steroid dienone is 1. The molecule has 3 heteroatoms. The molecule has 1 unspecified atom stereocenters. The molecule has 2 aromatic rings. The number of carbonyl (C=O) groups excluding carboxylic acids is 2. The zero-order valence-electron chi connectivity index (χ0n) is 11.3. The second-order valence-electron chi connectivity index (χ2n) is 5.04. The summed E-state index contributed by atoms with van der Waals surface area (Å²) in [7, 11) is 0. The van der Waals surface area contributed by atoms with Crippen LogP contribution in [0.5, 0.6) is 0 Å². The predicted molar refractivity (Wildman–Crippen MR) is 79.3 cm³/mol. The lowest BCUT2D eigenvalue weighted by Crippen LogP contribution is -2.26. The van der Waals surface area contributed by atoms with Crippen LogP contribution in [-0.2, 0) is 6.42 Å². The van der Waals surface area contributed by atoms with Crippen LogP contribution in [0.2, 0.25) is 0 Å². The predicted octanol–water partition coefficient (Wildman–Crippen LogP) is 2.60. The van der Waals surface area contributed by atoms with Crippen LogP contribution in [0.1, 0.15) is 26.3 Å². The van der Waals surface area contributed by atoms with Crippen LogP contribution in [0.3, 0.4) is 0 Å². The number of Topliss-reactive ketones (excluding diaryl/α,β-unsaturated/α-hetero) is 1. The van der Waals surface area contributed by atoms with Gasteiger partial charge in [-0.15, -0.1) is 0 Å². The highest BCUT2D eigenvalue weighted by Crippen LogP contribution is 2.24. The summed E-state index contributed by atoms with van der Waals surface area (Å²) in [6, 6.07) is 16.1. The summed E-state index contributed by atoms with van der Waals surface area (Å²) in [5.74, 6) is -0.499. The van der Waals surface area contributed by atoms with Gasteiger partial charge in [-0.2, -0.15) is 0 Å². The van der Waals surface area contributed by atoms with E-state index in [2.05, 4.69) is 0 Å². The van der Waals surface area contributed by atoms with Crippen LogP contribution in [0.25, 0.3) is 0 Å². The van der Waals surface area contributed by atoms with Crippen molar-refractivity contribution >= 4 is 11.6 Å². The minimum absolute atomic E-state index is 0.169. The average Bonchev–Trinajstić information content (AvgIpc) is 2.52. The second kappa shape index (κ2) is 5.46. The molecule has 0 aliphatic heterocycles. The van der Waals surface area contributed by atoms with Gasteiger partial charge >= 0.3 is 0 Å². The summed E-state index contributed by atoms with van der Waals surface area (Å²) in [4.78, 5) is 24.5. The Kier molecular flexibility index (Phi) is 3.50. The van der Waals surface area contributed by atoms with Gasteiger partial charge in [0.1, 0.15) is 0 Å². The number of aliphatic hydroxyl groups is 1. The first-order valence-corrected chi connectivity index (χ1v) is 6.78. The molecule has 0 saturated carbocycles. The van der Waals surface area contributed by atoms with Gasteiger partial charge in [0.05, 0.1) is 6.10 Å². The molecule has 0 saturated heterocycles. The van der Waals surface area contributed by atoms with Gasteiger partial charge in [-0.3, -0.25) is 9.59 Å². The van der Waals surface area contributed by atoms with E-state index in [0.29, 0.717) is 17.5 Å². The number of aliphatic hydroxyl groups excluding tert-OH is 1. The summed E-state index contributed by atoms with van der Waals surface area (Å²) in [6.45, 7) is 0. The molecule has 3 rings (SSSR count). The Morgan fingerprint density at radius 3 is 2.19 bits per heavy atom. The van der Waals surface area contributed by atoms with Gasteiger partial charge < -0.3 is 5.11 Å². The number of hydrogen-bond acceptors (Lipinski definition) is 3. The maximum Gasteiger partial charge on any atom is 0.192 e. The zero-order chi connectivity index (χ0) is 14.8. The minimum atomic E-state index is -0.975. The van der Waals surface area contributed by atoms with Crippen molar-refractivity contribution in [1.29, 1.82) is 0 Å². The van der Waals surface area contributed by atoms with E-state index >= 15 is 0 Å². The SMILES string of the molecule is O=C1C=C(C(O)Cc2ccccc2)C(=O)c2ccccc21. The van der Waals surface area contributed by atoms with Gasteiger partial charge in [0.2, 0.25) is 0 Å². The third kappa shape index (κ3) is 2.56. The first-order valence-electron chi connectivity index (χ1n) is 6.78. The molecule has 21 heavy (non-hydrogen) atoms. The summed E-state index contributed by atoms with van der Waals surface area (Å²) < 4.78 is 0. The number of benzene rings is 2. The lowest BCUT2D eigenvalue weighted by atomic mass is 9.85. The molecule has 1 aliphatic rings. The zero-order valence-corrected chi connectivity index (χ0v) is 11.3. The van der Waals surface area contributed by atoms with Gasteiger partial charge in [0.15, 0.2) is 11.6 Å². The minimum Gasteiger partial charge on any atom is -0.388 e. The molecular weight excluding hydrogens is 264 g/mol. The van der Waals surface area contributed by atoms with E-state index in [-0.39, 0.29) is 17.1 Å². The van der Waals surface area contributed by atoms with Crippen molar-refractivity contribution in [3.63, 3.8) is 0 Å². The normalized spacial score (nSPS) is 15.4. The van der Waals surface area contributed by atoms with Crippen molar-refractivity contribution in [3.05, 3.63) is 82.9 Å². The monoisotopic (exact) mass is 278 g/mol. The van der Waals surface area contributed by atoms with E-state index in [9.17, 15) is 14.7 Å². The fourth-order valence-corrected chi connectivity index (χ4v) is 2.53. The van der Waals surface area contributed by atoms with Crippen LogP contribution in [0, 0.1) is 0 Å². The highest BCUT2D eigenvalue weighted by molar-refractivity contribution is 6.24. The fraction of sp³-hybridized carbons (Fsp3) is 0.111. The summed E-state index contributed by atoms with van der Waals surface area (Å²) in [6.07, 6.45) is 0.601. The topological polar surface area (TPSA) is 54.4 Å². The molecule has 1 N–H and O–H groups in total. The van der Waals surface area contributed by atoms with Gasteiger partial charge in [-0.1, -0.05) is 54.6 Å². The van der Waals surface area contributed by atoms with Crippen molar-refractivity contribution in [2.75, 3.05) is 0 Å². The van der Waals surface area contributed by atoms with Gasteiger partial charge in [0, 0.05) is 23.1 Å². The molecule has 3 nitrogen and oxygen atoms in total. The lowest BCUT2D eigenvalue weighted by molar-refractivity contribution is 0.0947. The van der Waals surface area contributed by atoms with Crippen LogP contribution in [0.4, 0.5) is 0 Å². The Morgan fingerprint density at radius 1 is 0.857 bits per heavy atom. The summed E-state index contributed by atoms with van der Waals surface area (Å²) >= 11 is 0. The first-order chi connectivity index (χ1) is 10.2. The number of hydrogen-bond donors (Lipinski definition) is 1. The second-order valence-corrected chi connectivity index (χ2v) is 5.04. The van der Waals surface area contributed by atoms with Crippen molar-refractivity contribution in [1.82, 2.24) is 0 Å². The van der Waals surface area contributed by atoms with E-state index in [0.717, 1.165) is 5.56 Å². The first kappa shape index (κ1) is 13.5. The van der Waals surface area contributed by atoms with Crippen LogP contribution >= 0.6 is 0 Å². The van der Waals surface area contributed by atoms with Crippen LogP contribution in [0.15, 0.2) is 66.2 Å². The number of ketones is 2. The highest BCUT2D eigenvalue weighted by atomic mass is 16.3. The maximum atomic E-state index is 12.4. The Bertz CT molecular complexity index is 729. The Hall–Kier alpha value is -2.52. The Balaban J connectivity index is 1.90. The van der Waals surface area contributed by atoms with E-state index in [1.807, 2.05) is 30.3 Å². The van der Waals surface area contributed by atoms with E-state index in [1.54, 1.807) is 24.3 Å². The van der Waals surface area contributed by atoms with Crippen LogP contribution < -0.4 is 0 Å². The van der Waals surface area contributed by atoms with Crippen molar-refractivity contribution in [3.8, 4) is 0 Å². The van der Waals surface area contributed by atoms with Crippen molar-refractivity contribution < 1.29 is 14.7 Å². The van der Waals surface area contributed by atoms with Gasteiger partial charge in [0.25, 0.3) is 0 Å². The highest BCUT2D eigenvalue weighted by Gasteiger charge is 2.29. The maximum absolute atomic E-state index is 12.4. The molecule has 0 fully saturated rings. The lowest BCUT2D eigenvalue weighted by Gasteiger charge is -2.19. The summed E-state index contributed by atoms with van der Waals surface area (Å²) in [5.41, 5.74) is 1.86. The number of fused-ring (bicyclic) bond motifs is 1. The average molecular weight is 278 g/mol. The fourth-order valence-electron chi connectivity index (χ4n) is 2.53. The Labute approximate surface area is 122 Å². The largest absolute Gasteiger partial charge is 0.388 e. The van der Waals surface area contributed by atoms with Crippen molar-refractivity contribution in [2.45, 2.75) is 12.5 Å². The standard InChI is InChI=1S/C18H14O3/c19-16(10-12-6-2-1-3-7-12)15-11-17(20)13-8-4-5-9-14(13)18(15)21/h1-9,11,16,19H,10H2. The van der Waals surface area contributed by atoms with E-state index in [4.69, 9.17) is 0 Å². The molecule has 104 valence electrons. The molecule has 0 spiro atoms. The van der Waals surface area contributed by atoms with E-state index in [1.165, 1.54) is 6.08 Å². The third-order valence-corrected chi connectivity index (χ3v) is 3.62.